The zero-order valence-electron chi connectivity index (χ0n) is 16.6. The summed E-state index contributed by atoms with van der Waals surface area (Å²) in [6.07, 6.45) is 3.78. The van der Waals surface area contributed by atoms with Gasteiger partial charge in [-0.3, -0.25) is 9.79 Å². The van der Waals surface area contributed by atoms with Crippen LogP contribution in [0.3, 0.4) is 0 Å². The Labute approximate surface area is 188 Å². The van der Waals surface area contributed by atoms with Crippen LogP contribution in [0.1, 0.15) is 29.7 Å². The number of rotatable bonds is 6. The van der Waals surface area contributed by atoms with Crippen molar-refractivity contribution in [3.63, 3.8) is 0 Å². The lowest BCUT2D eigenvalue weighted by molar-refractivity contribution is -0.119. The standard InChI is InChI=1S/C21H28N4OS.HI/c1-22-21(24(2)14-12-19-6-5-15-27-19)23-16-17-8-10-18(11-9-17)25-13-4-3-7-20(25)26;/h5-6,8-11,15H,3-4,7,12-14,16H2,1-2H3,(H,22,23);1H. The number of likely N-dealkylation sites (N-methyl/N-ethyl adjacent to an activating group) is 1. The number of carbonyl (C=O) groups is 1. The molecule has 1 aliphatic heterocycles. The van der Waals surface area contributed by atoms with E-state index in [2.05, 4.69) is 51.9 Å². The van der Waals surface area contributed by atoms with Gasteiger partial charge in [0.05, 0.1) is 0 Å². The fraction of sp³-hybridized carbons (Fsp3) is 0.429. The molecule has 0 radical (unpaired) electrons. The van der Waals surface area contributed by atoms with Crippen molar-refractivity contribution in [3.8, 4) is 0 Å². The van der Waals surface area contributed by atoms with Gasteiger partial charge in [0, 0.05) is 50.7 Å². The summed E-state index contributed by atoms with van der Waals surface area (Å²) in [6.45, 7) is 2.47. The fourth-order valence-corrected chi connectivity index (χ4v) is 3.98. The van der Waals surface area contributed by atoms with Crippen LogP contribution in [0.5, 0.6) is 0 Å². The van der Waals surface area contributed by atoms with Crippen LogP contribution >= 0.6 is 35.3 Å². The van der Waals surface area contributed by atoms with E-state index in [4.69, 9.17) is 0 Å². The Balaban J connectivity index is 0.00000280. The topological polar surface area (TPSA) is 47.9 Å². The summed E-state index contributed by atoms with van der Waals surface area (Å²) in [6, 6.07) is 12.5. The van der Waals surface area contributed by atoms with E-state index in [1.807, 2.05) is 24.1 Å². The van der Waals surface area contributed by atoms with Gasteiger partial charge in [-0.2, -0.15) is 0 Å². The number of carbonyl (C=O) groups excluding carboxylic acids is 1. The third-order valence-corrected chi connectivity index (χ3v) is 5.81. The van der Waals surface area contributed by atoms with Crippen molar-refractivity contribution in [1.29, 1.82) is 0 Å². The normalized spacial score (nSPS) is 14.6. The van der Waals surface area contributed by atoms with Crippen molar-refractivity contribution in [2.45, 2.75) is 32.2 Å². The number of hydrogen-bond acceptors (Lipinski definition) is 3. The van der Waals surface area contributed by atoms with Crippen LogP contribution in [-0.4, -0.2) is 44.0 Å². The summed E-state index contributed by atoms with van der Waals surface area (Å²) in [4.78, 5) is 21.9. The number of benzene rings is 1. The highest BCUT2D eigenvalue weighted by Crippen LogP contribution is 2.21. The molecular weight excluding hydrogens is 483 g/mol. The number of amides is 1. The van der Waals surface area contributed by atoms with E-state index in [0.29, 0.717) is 13.0 Å². The van der Waals surface area contributed by atoms with Crippen LogP contribution < -0.4 is 10.2 Å². The highest BCUT2D eigenvalue weighted by Gasteiger charge is 2.19. The summed E-state index contributed by atoms with van der Waals surface area (Å²) in [5, 5.41) is 5.54. The van der Waals surface area contributed by atoms with Gasteiger partial charge in [-0.25, -0.2) is 0 Å². The molecule has 1 amide bonds. The number of nitrogens with zero attached hydrogens (tertiary/aromatic N) is 3. The van der Waals surface area contributed by atoms with Gasteiger partial charge in [0.25, 0.3) is 0 Å². The molecule has 1 aliphatic rings. The van der Waals surface area contributed by atoms with E-state index in [1.54, 1.807) is 11.3 Å². The molecule has 0 spiro atoms. The molecule has 2 heterocycles. The Morgan fingerprint density at radius 1 is 1.25 bits per heavy atom. The summed E-state index contributed by atoms with van der Waals surface area (Å²) in [5.74, 6) is 1.13. The van der Waals surface area contributed by atoms with Gasteiger partial charge in [0.2, 0.25) is 5.91 Å². The lowest BCUT2D eigenvalue weighted by atomic mass is 10.1. The molecule has 1 aromatic heterocycles. The number of hydrogen-bond donors (Lipinski definition) is 1. The number of thiophene rings is 1. The Morgan fingerprint density at radius 2 is 2.04 bits per heavy atom. The highest BCUT2D eigenvalue weighted by molar-refractivity contribution is 14.0. The molecule has 7 heteroatoms. The molecule has 2 aromatic rings. The largest absolute Gasteiger partial charge is 0.352 e. The number of aliphatic imine (C=N–C) groups is 1. The Bertz CT molecular complexity index is 761. The molecule has 0 aliphatic carbocycles. The molecule has 5 nitrogen and oxygen atoms in total. The van der Waals surface area contributed by atoms with Crippen LogP contribution in [0.2, 0.25) is 0 Å². The van der Waals surface area contributed by atoms with Crippen LogP contribution in [0.15, 0.2) is 46.8 Å². The Morgan fingerprint density at radius 3 is 2.68 bits per heavy atom. The maximum Gasteiger partial charge on any atom is 0.226 e. The minimum atomic E-state index is 0. The molecule has 152 valence electrons. The predicted octanol–water partition coefficient (Wildman–Crippen LogP) is 4.13. The predicted molar refractivity (Wildman–Crippen MR) is 129 cm³/mol. The monoisotopic (exact) mass is 512 g/mol. The quantitative estimate of drug-likeness (QED) is 0.360. The summed E-state index contributed by atoms with van der Waals surface area (Å²) < 4.78 is 0. The molecule has 1 aromatic carbocycles. The van der Waals surface area contributed by atoms with Gasteiger partial charge in [0.1, 0.15) is 0 Å². The minimum Gasteiger partial charge on any atom is -0.352 e. The van der Waals surface area contributed by atoms with E-state index in [-0.39, 0.29) is 29.9 Å². The van der Waals surface area contributed by atoms with Gasteiger partial charge in [-0.05, 0) is 48.4 Å². The van der Waals surface area contributed by atoms with Crippen molar-refractivity contribution >= 4 is 52.9 Å². The average molecular weight is 512 g/mol. The SMILES string of the molecule is CN=C(NCc1ccc(N2CCCCC2=O)cc1)N(C)CCc1cccs1.I. The van der Waals surface area contributed by atoms with E-state index in [1.165, 1.54) is 10.4 Å². The van der Waals surface area contributed by atoms with Crippen LogP contribution in [0.25, 0.3) is 0 Å². The van der Waals surface area contributed by atoms with E-state index >= 15 is 0 Å². The van der Waals surface area contributed by atoms with Gasteiger partial charge in [-0.1, -0.05) is 18.2 Å². The Hall–Kier alpha value is -1.61. The lowest BCUT2D eigenvalue weighted by Gasteiger charge is -2.27. The second-order valence-electron chi connectivity index (χ2n) is 6.82. The zero-order chi connectivity index (χ0) is 19.1. The first-order valence-electron chi connectivity index (χ1n) is 9.51. The lowest BCUT2D eigenvalue weighted by Crippen LogP contribution is -2.39. The second-order valence-corrected chi connectivity index (χ2v) is 7.85. The average Bonchev–Trinajstić information content (AvgIpc) is 3.21. The molecule has 28 heavy (non-hydrogen) atoms. The third kappa shape index (κ3) is 6.20. The number of piperidine rings is 1. The molecule has 0 unspecified atom stereocenters. The number of nitrogens with one attached hydrogen (secondary N) is 1. The van der Waals surface area contributed by atoms with Crippen LogP contribution in [0, 0.1) is 0 Å². The molecule has 0 atom stereocenters. The van der Waals surface area contributed by atoms with Gasteiger partial charge in [-0.15, -0.1) is 35.3 Å². The molecular formula is C21H29IN4OS. The molecule has 1 fully saturated rings. The van der Waals surface area contributed by atoms with E-state index in [9.17, 15) is 4.79 Å². The minimum absolute atomic E-state index is 0. The first kappa shape index (κ1) is 22.7. The summed E-state index contributed by atoms with van der Waals surface area (Å²) in [7, 11) is 3.88. The fourth-order valence-electron chi connectivity index (χ4n) is 3.28. The third-order valence-electron chi connectivity index (χ3n) is 4.87. The molecule has 3 rings (SSSR count). The van der Waals surface area contributed by atoms with Gasteiger partial charge >= 0.3 is 0 Å². The van der Waals surface area contributed by atoms with Crippen molar-refractivity contribution in [2.75, 3.05) is 32.1 Å². The number of guanidine groups is 1. The van der Waals surface area contributed by atoms with Crippen molar-refractivity contribution in [3.05, 3.63) is 52.2 Å². The maximum absolute atomic E-state index is 12.0. The van der Waals surface area contributed by atoms with Crippen molar-refractivity contribution in [2.24, 2.45) is 4.99 Å². The van der Waals surface area contributed by atoms with Crippen LogP contribution in [0.4, 0.5) is 5.69 Å². The maximum atomic E-state index is 12.0. The second kappa shape index (κ2) is 11.4. The molecule has 1 N–H and O–H groups in total. The van der Waals surface area contributed by atoms with Gasteiger partial charge in [0.15, 0.2) is 5.96 Å². The van der Waals surface area contributed by atoms with E-state index < -0.39 is 0 Å². The molecule has 0 saturated carbocycles. The summed E-state index contributed by atoms with van der Waals surface area (Å²) in [5.41, 5.74) is 2.18. The number of halogens is 1. The summed E-state index contributed by atoms with van der Waals surface area (Å²) >= 11 is 1.79. The van der Waals surface area contributed by atoms with Crippen LogP contribution in [-0.2, 0) is 17.8 Å². The number of anilines is 1. The Kier molecular flexibility index (Phi) is 9.24. The molecule has 1 saturated heterocycles. The van der Waals surface area contributed by atoms with Crippen molar-refractivity contribution < 1.29 is 4.79 Å². The highest BCUT2D eigenvalue weighted by atomic mass is 127. The van der Waals surface area contributed by atoms with Gasteiger partial charge < -0.3 is 15.1 Å². The molecule has 0 bridgehead atoms. The first-order valence-corrected chi connectivity index (χ1v) is 10.4. The smallest absolute Gasteiger partial charge is 0.226 e. The first-order chi connectivity index (χ1) is 13.2. The zero-order valence-corrected chi connectivity index (χ0v) is 19.7. The van der Waals surface area contributed by atoms with E-state index in [0.717, 1.165) is 44.0 Å². The van der Waals surface area contributed by atoms with Crippen molar-refractivity contribution in [1.82, 2.24) is 10.2 Å².